The van der Waals surface area contributed by atoms with Gasteiger partial charge in [-0.2, -0.15) is 0 Å². The van der Waals surface area contributed by atoms with Crippen molar-refractivity contribution in [3.05, 3.63) is 0 Å². The molecule has 0 amide bonds. The van der Waals surface area contributed by atoms with Crippen LogP contribution in [0.15, 0.2) is 0 Å². The second kappa shape index (κ2) is 4.37. The number of rotatable bonds is 1. The molecule has 4 heteroatoms. The van der Waals surface area contributed by atoms with Gasteiger partial charge < -0.3 is 14.2 Å². The number of hydrogen-bond acceptors (Lipinski definition) is 3. The van der Waals surface area contributed by atoms with Crippen LogP contribution in [0, 0.1) is 0 Å². The standard InChI is InChI=1S/C8H19NO2Si/c1-8-7-9-5-4-6-12(3,10-2)11-8/h8-9H,4-7H2,1-3H3. The van der Waals surface area contributed by atoms with Gasteiger partial charge in [-0.25, -0.2) is 0 Å². The van der Waals surface area contributed by atoms with E-state index in [-0.39, 0.29) is 0 Å². The molecule has 1 saturated heterocycles. The van der Waals surface area contributed by atoms with Gasteiger partial charge in [-0.3, -0.25) is 0 Å². The SMILES string of the molecule is CO[Si]1(C)CCCNCC(C)O1. The first kappa shape index (κ1) is 10.2. The number of nitrogens with one attached hydrogen (secondary N) is 1. The van der Waals surface area contributed by atoms with Gasteiger partial charge in [0.25, 0.3) is 0 Å². The molecule has 0 aromatic rings. The van der Waals surface area contributed by atoms with Crippen molar-refractivity contribution in [3.8, 4) is 0 Å². The van der Waals surface area contributed by atoms with E-state index in [0.29, 0.717) is 6.10 Å². The monoisotopic (exact) mass is 189 g/mol. The molecular formula is C8H19NO2Si. The van der Waals surface area contributed by atoms with Gasteiger partial charge in [-0.05, 0) is 32.5 Å². The van der Waals surface area contributed by atoms with Crippen molar-refractivity contribution in [2.45, 2.75) is 32.0 Å². The predicted molar refractivity (Wildman–Crippen MR) is 51.5 cm³/mol. The Morgan fingerprint density at radius 1 is 1.58 bits per heavy atom. The van der Waals surface area contributed by atoms with Gasteiger partial charge in [0.05, 0.1) is 6.10 Å². The van der Waals surface area contributed by atoms with Crippen molar-refractivity contribution in [1.29, 1.82) is 0 Å². The lowest BCUT2D eigenvalue weighted by Gasteiger charge is -2.31. The maximum Gasteiger partial charge on any atom is 0.334 e. The van der Waals surface area contributed by atoms with Gasteiger partial charge in [0.15, 0.2) is 0 Å². The van der Waals surface area contributed by atoms with Crippen LogP contribution in [0.25, 0.3) is 0 Å². The van der Waals surface area contributed by atoms with E-state index in [9.17, 15) is 0 Å². The molecule has 0 bridgehead atoms. The fourth-order valence-corrected chi connectivity index (χ4v) is 3.69. The van der Waals surface area contributed by atoms with Crippen LogP contribution in [-0.2, 0) is 8.85 Å². The molecule has 0 radical (unpaired) electrons. The molecule has 0 spiro atoms. The summed E-state index contributed by atoms with van der Waals surface area (Å²) in [7, 11) is -0.0244. The van der Waals surface area contributed by atoms with E-state index in [1.165, 1.54) is 6.42 Å². The van der Waals surface area contributed by atoms with Gasteiger partial charge in [0, 0.05) is 13.7 Å². The highest BCUT2D eigenvalue weighted by atomic mass is 28.4. The van der Waals surface area contributed by atoms with E-state index in [4.69, 9.17) is 8.85 Å². The lowest BCUT2D eigenvalue weighted by Crippen LogP contribution is -2.46. The Bertz CT molecular complexity index is 145. The summed E-state index contributed by atoms with van der Waals surface area (Å²) in [6.45, 7) is 6.29. The zero-order chi connectivity index (χ0) is 9.03. The molecule has 0 aliphatic carbocycles. The minimum atomic E-state index is -1.80. The highest BCUT2D eigenvalue weighted by molar-refractivity contribution is 6.66. The molecule has 12 heavy (non-hydrogen) atoms. The number of hydrogen-bond donors (Lipinski definition) is 1. The average Bonchev–Trinajstić information content (AvgIpc) is 2.01. The van der Waals surface area contributed by atoms with Gasteiger partial charge in [-0.15, -0.1) is 0 Å². The first-order valence-electron chi connectivity index (χ1n) is 4.60. The van der Waals surface area contributed by atoms with Crippen LogP contribution in [0.4, 0.5) is 0 Å². The van der Waals surface area contributed by atoms with Crippen molar-refractivity contribution >= 4 is 8.56 Å². The molecule has 1 rings (SSSR count). The van der Waals surface area contributed by atoms with Crippen LogP contribution in [0.3, 0.4) is 0 Å². The lowest BCUT2D eigenvalue weighted by molar-refractivity contribution is 0.137. The molecule has 72 valence electrons. The third-order valence-electron chi connectivity index (χ3n) is 2.30. The first-order chi connectivity index (χ1) is 5.66. The topological polar surface area (TPSA) is 30.5 Å². The molecule has 1 N–H and O–H groups in total. The van der Waals surface area contributed by atoms with E-state index < -0.39 is 8.56 Å². The van der Waals surface area contributed by atoms with Gasteiger partial charge in [0.2, 0.25) is 0 Å². The summed E-state index contributed by atoms with van der Waals surface area (Å²) in [5.74, 6) is 0. The maximum absolute atomic E-state index is 5.88. The van der Waals surface area contributed by atoms with Crippen LogP contribution in [-0.4, -0.2) is 34.9 Å². The molecule has 2 atom stereocenters. The lowest BCUT2D eigenvalue weighted by atomic mass is 10.4. The molecule has 3 nitrogen and oxygen atoms in total. The second-order valence-corrected chi connectivity index (χ2v) is 6.99. The third-order valence-corrected chi connectivity index (χ3v) is 5.32. The molecular weight excluding hydrogens is 170 g/mol. The van der Waals surface area contributed by atoms with E-state index in [2.05, 4.69) is 18.8 Å². The maximum atomic E-state index is 5.88. The fourth-order valence-electron chi connectivity index (χ4n) is 1.52. The summed E-state index contributed by atoms with van der Waals surface area (Å²) in [6.07, 6.45) is 1.46. The third kappa shape index (κ3) is 2.86. The molecule has 0 aromatic carbocycles. The summed E-state index contributed by atoms with van der Waals surface area (Å²) in [6, 6.07) is 1.10. The van der Waals surface area contributed by atoms with E-state index in [1.807, 2.05) is 0 Å². The van der Waals surface area contributed by atoms with Gasteiger partial charge >= 0.3 is 8.56 Å². The molecule has 1 aliphatic heterocycles. The summed E-state index contributed by atoms with van der Waals surface area (Å²) in [5.41, 5.74) is 0. The highest BCUT2D eigenvalue weighted by Gasteiger charge is 2.32. The normalized spacial score (nSPS) is 38.8. The molecule has 0 aromatic heterocycles. The summed E-state index contributed by atoms with van der Waals surface area (Å²) in [5, 5.41) is 3.34. The van der Waals surface area contributed by atoms with Crippen molar-refractivity contribution in [1.82, 2.24) is 5.32 Å². The molecule has 1 aliphatic rings. The van der Waals surface area contributed by atoms with Crippen molar-refractivity contribution < 1.29 is 8.85 Å². The zero-order valence-electron chi connectivity index (χ0n) is 8.22. The Morgan fingerprint density at radius 3 is 3.00 bits per heavy atom. The Balaban J connectivity index is 2.48. The summed E-state index contributed by atoms with van der Waals surface area (Å²) in [4.78, 5) is 0. The Kier molecular flexibility index (Phi) is 3.70. The Morgan fingerprint density at radius 2 is 2.33 bits per heavy atom. The Labute approximate surface area is 75.7 Å². The smallest absolute Gasteiger partial charge is 0.334 e. The Hall–Kier alpha value is 0.0969. The van der Waals surface area contributed by atoms with Gasteiger partial charge in [0.1, 0.15) is 0 Å². The quantitative estimate of drug-likeness (QED) is 0.627. The second-order valence-electron chi connectivity index (χ2n) is 3.57. The van der Waals surface area contributed by atoms with E-state index in [1.54, 1.807) is 7.11 Å². The van der Waals surface area contributed by atoms with Crippen LogP contribution in [0.1, 0.15) is 13.3 Å². The minimum absolute atomic E-state index is 0.293. The van der Waals surface area contributed by atoms with Crippen LogP contribution in [0.5, 0.6) is 0 Å². The predicted octanol–water partition coefficient (Wildman–Crippen LogP) is 1.10. The fraction of sp³-hybridized carbons (Fsp3) is 1.00. The molecule has 1 fully saturated rings. The molecule has 2 unspecified atom stereocenters. The van der Waals surface area contributed by atoms with Crippen molar-refractivity contribution in [3.63, 3.8) is 0 Å². The molecule has 1 heterocycles. The minimum Gasteiger partial charge on any atom is -0.398 e. The van der Waals surface area contributed by atoms with Crippen LogP contribution in [0.2, 0.25) is 12.6 Å². The van der Waals surface area contributed by atoms with Crippen molar-refractivity contribution in [2.75, 3.05) is 20.2 Å². The first-order valence-corrected chi connectivity index (χ1v) is 7.12. The van der Waals surface area contributed by atoms with Gasteiger partial charge in [-0.1, -0.05) is 0 Å². The average molecular weight is 189 g/mol. The van der Waals surface area contributed by atoms with Crippen molar-refractivity contribution in [2.24, 2.45) is 0 Å². The van der Waals surface area contributed by atoms with Crippen LogP contribution < -0.4 is 5.32 Å². The largest absolute Gasteiger partial charge is 0.398 e. The van der Waals surface area contributed by atoms with Crippen LogP contribution >= 0.6 is 0 Å². The van der Waals surface area contributed by atoms with E-state index in [0.717, 1.165) is 19.1 Å². The molecule has 0 saturated carbocycles. The summed E-state index contributed by atoms with van der Waals surface area (Å²) < 4.78 is 11.4. The highest BCUT2D eigenvalue weighted by Crippen LogP contribution is 2.17. The summed E-state index contributed by atoms with van der Waals surface area (Å²) >= 11 is 0. The zero-order valence-corrected chi connectivity index (χ0v) is 9.22. The van der Waals surface area contributed by atoms with E-state index >= 15 is 0 Å².